The SMILES string of the molecule is O=c1c(Br)c(C2CC2)[nH]n1-c1ccc(F)cc1. The number of hydrogen-bond acceptors (Lipinski definition) is 1. The number of halogens is 2. The lowest BCUT2D eigenvalue weighted by Crippen LogP contribution is -2.14. The van der Waals surface area contributed by atoms with Gasteiger partial charge in [-0.3, -0.25) is 9.89 Å². The topological polar surface area (TPSA) is 37.8 Å². The Labute approximate surface area is 105 Å². The third-order valence-corrected chi connectivity index (χ3v) is 3.70. The highest BCUT2D eigenvalue weighted by atomic mass is 79.9. The first-order valence-corrected chi connectivity index (χ1v) is 6.22. The van der Waals surface area contributed by atoms with Crippen LogP contribution in [0.15, 0.2) is 33.5 Å². The molecular weight excluding hydrogens is 287 g/mol. The standard InChI is InChI=1S/C12H10BrFN2O/c13-10-11(7-1-2-7)15-16(12(10)17)9-5-3-8(14)4-6-9/h3-7,15H,1-2H2. The number of benzene rings is 1. The molecule has 0 atom stereocenters. The molecule has 1 heterocycles. The van der Waals surface area contributed by atoms with E-state index in [1.54, 1.807) is 12.1 Å². The fourth-order valence-electron chi connectivity index (χ4n) is 1.85. The van der Waals surface area contributed by atoms with Crippen LogP contribution in [0.5, 0.6) is 0 Å². The van der Waals surface area contributed by atoms with Gasteiger partial charge in [0.25, 0.3) is 5.56 Å². The van der Waals surface area contributed by atoms with Gasteiger partial charge in [0, 0.05) is 5.92 Å². The molecule has 3 nitrogen and oxygen atoms in total. The lowest BCUT2D eigenvalue weighted by molar-refractivity contribution is 0.626. The summed E-state index contributed by atoms with van der Waals surface area (Å²) in [6, 6.07) is 5.84. The van der Waals surface area contributed by atoms with Crippen molar-refractivity contribution in [3.8, 4) is 5.69 Å². The zero-order chi connectivity index (χ0) is 12.0. The third-order valence-electron chi connectivity index (χ3n) is 2.93. The summed E-state index contributed by atoms with van der Waals surface area (Å²) >= 11 is 3.31. The molecular formula is C12H10BrFN2O. The van der Waals surface area contributed by atoms with Gasteiger partial charge in [0.2, 0.25) is 0 Å². The molecule has 1 aliphatic rings. The van der Waals surface area contributed by atoms with E-state index in [1.807, 2.05) is 0 Å². The number of aromatic amines is 1. The Morgan fingerprint density at radius 2 is 1.94 bits per heavy atom. The van der Waals surface area contributed by atoms with E-state index in [9.17, 15) is 9.18 Å². The molecule has 1 aromatic carbocycles. The zero-order valence-corrected chi connectivity index (χ0v) is 10.5. The largest absolute Gasteiger partial charge is 0.294 e. The maximum absolute atomic E-state index is 12.8. The Balaban J connectivity index is 2.11. The summed E-state index contributed by atoms with van der Waals surface area (Å²) < 4.78 is 14.8. The van der Waals surface area contributed by atoms with Crippen LogP contribution < -0.4 is 5.56 Å². The van der Waals surface area contributed by atoms with E-state index >= 15 is 0 Å². The van der Waals surface area contributed by atoms with E-state index in [4.69, 9.17) is 0 Å². The summed E-state index contributed by atoms with van der Waals surface area (Å²) in [5.41, 5.74) is 1.46. The van der Waals surface area contributed by atoms with Crippen LogP contribution in [0.4, 0.5) is 4.39 Å². The normalized spacial score (nSPS) is 15.2. The van der Waals surface area contributed by atoms with E-state index in [2.05, 4.69) is 21.0 Å². The van der Waals surface area contributed by atoms with Crippen LogP contribution in [0.2, 0.25) is 0 Å². The Morgan fingerprint density at radius 1 is 1.29 bits per heavy atom. The van der Waals surface area contributed by atoms with Crippen molar-refractivity contribution in [3.05, 3.63) is 50.6 Å². The average Bonchev–Trinajstić information content (AvgIpc) is 3.11. The molecule has 1 N–H and O–H groups in total. The van der Waals surface area contributed by atoms with Gasteiger partial charge in [-0.15, -0.1) is 0 Å². The molecule has 2 aromatic rings. The summed E-state index contributed by atoms with van der Waals surface area (Å²) in [6.07, 6.45) is 2.23. The van der Waals surface area contributed by atoms with Crippen LogP contribution in [-0.2, 0) is 0 Å². The fraction of sp³-hybridized carbons (Fsp3) is 0.250. The summed E-state index contributed by atoms with van der Waals surface area (Å²) in [6.45, 7) is 0. The molecule has 0 radical (unpaired) electrons. The summed E-state index contributed by atoms with van der Waals surface area (Å²) in [4.78, 5) is 12.0. The molecule has 1 aromatic heterocycles. The predicted molar refractivity (Wildman–Crippen MR) is 66.0 cm³/mol. The average molecular weight is 297 g/mol. The maximum atomic E-state index is 12.8. The van der Waals surface area contributed by atoms with E-state index < -0.39 is 0 Å². The van der Waals surface area contributed by atoms with Crippen molar-refractivity contribution in [2.45, 2.75) is 18.8 Å². The van der Waals surface area contributed by atoms with Gasteiger partial charge >= 0.3 is 0 Å². The minimum absolute atomic E-state index is 0.126. The number of nitrogens with zero attached hydrogens (tertiary/aromatic N) is 1. The van der Waals surface area contributed by atoms with Gasteiger partial charge in [0.05, 0.1) is 11.4 Å². The van der Waals surface area contributed by atoms with Crippen molar-refractivity contribution in [2.75, 3.05) is 0 Å². The van der Waals surface area contributed by atoms with E-state index in [1.165, 1.54) is 16.8 Å². The van der Waals surface area contributed by atoms with Crippen molar-refractivity contribution < 1.29 is 4.39 Å². The monoisotopic (exact) mass is 296 g/mol. The molecule has 3 rings (SSSR count). The Morgan fingerprint density at radius 3 is 2.53 bits per heavy atom. The Bertz CT molecular complexity index is 610. The molecule has 0 amide bonds. The summed E-state index contributed by atoms with van der Waals surface area (Å²) in [7, 11) is 0. The molecule has 0 spiro atoms. The van der Waals surface area contributed by atoms with Crippen molar-refractivity contribution >= 4 is 15.9 Å². The van der Waals surface area contributed by atoms with Crippen molar-refractivity contribution in [2.24, 2.45) is 0 Å². The number of aromatic nitrogens is 2. The second-order valence-corrected chi connectivity index (χ2v) is 5.02. The van der Waals surface area contributed by atoms with Crippen LogP contribution in [0.1, 0.15) is 24.5 Å². The van der Waals surface area contributed by atoms with Crippen LogP contribution in [0, 0.1) is 5.82 Å². The summed E-state index contributed by atoms with van der Waals surface area (Å²) in [5.74, 6) is 0.147. The number of hydrogen-bond donors (Lipinski definition) is 1. The van der Waals surface area contributed by atoms with Gasteiger partial charge in [-0.25, -0.2) is 9.07 Å². The van der Waals surface area contributed by atoms with Crippen LogP contribution >= 0.6 is 15.9 Å². The summed E-state index contributed by atoms with van der Waals surface area (Å²) in [5, 5.41) is 3.08. The third kappa shape index (κ3) is 1.84. The van der Waals surface area contributed by atoms with Crippen molar-refractivity contribution in [1.29, 1.82) is 0 Å². The molecule has 88 valence electrons. The van der Waals surface area contributed by atoms with Gasteiger partial charge in [0.15, 0.2) is 0 Å². The van der Waals surface area contributed by atoms with Crippen molar-refractivity contribution in [1.82, 2.24) is 9.78 Å². The quantitative estimate of drug-likeness (QED) is 0.909. The minimum atomic E-state index is -0.310. The molecule has 1 fully saturated rings. The van der Waals surface area contributed by atoms with Gasteiger partial charge in [-0.2, -0.15) is 0 Å². The number of rotatable bonds is 2. The van der Waals surface area contributed by atoms with E-state index in [0.29, 0.717) is 16.1 Å². The first-order chi connectivity index (χ1) is 8.16. The van der Waals surface area contributed by atoms with Crippen molar-refractivity contribution in [3.63, 3.8) is 0 Å². The second kappa shape index (κ2) is 3.84. The van der Waals surface area contributed by atoms with E-state index in [0.717, 1.165) is 18.5 Å². The van der Waals surface area contributed by atoms with Gasteiger partial charge < -0.3 is 0 Å². The van der Waals surface area contributed by atoms with Crippen LogP contribution in [0.25, 0.3) is 5.69 Å². The molecule has 0 aliphatic heterocycles. The maximum Gasteiger partial charge on any atom is 0.285 e. The molecule has 5 heteroatoms. The highest BCUT2D eigenvalue weighted by molar-refractivity contribution is 9.10. The first-order valence-electron chi connectivity index (χ1n) is 5.43. The fourth-order valence-corrected chi connectivity index (χ4v) is 2.44. The second-order valence-electron chi connectivity index (χ2n) is 4.23. The molecule has 1 aliphatic carbocycles. The molecule has 0 saturated heterocycles. The predicted octanol–water partition coefficient (Wildman–Crippen LogP) is 2.94. The molecule has 0 unspecified atom stereocenters. The molecule has 0 bridgehead atoms. The number of nitrogens with one attached hydrogen (secondary N) is 1. The molecule has 17 heavy (non-hydrogen) atoms. The molecule has 1 saturated carbocycles. The van der Waals surface area contributed by atoms with E-state index in [-0.39, 0.29) is 11.4 Å². The van der Waals surface area contributed by atoms with Crippen LogP contribution in [-0.4, -0.2) is 9.78 Å². The Hall–Kier alpha value is -1.36. The first kappa shape index (κ1) is 10.8. The van der Waals surface area contributed by atoms with Gasteiger partial charge in [-0.05, 0) is 53.0 Å². The lowest BCUT2D eigenvalue weighted by Gasteiger charge is -2.01. The zero-order valence-electron chi connectivity index (χ0n) is 8.91. The van der Waals surface area contributed by atoms with Gasteiger partial charge in [-0.1, -0.05) is 0 Å². The van der Waals surface area contributed by atoms with Gasteiger partial charge in [0.1, 0.15) is 10.3 Å². The highest BCUT2D eigenvalue weighted by Gasteiger charge is 2.29. The number of H-pyrrole nitrogens is 1. The smallest absolute Gasteiger partial charge is 0.285 e. The highest BCUT2D eigenvalue weighted by Crippen LogP contribution is 2.41. The minimum Gasteiger partial charge on any atom is -0.294 e. The lowest BCUT2D eigenvalue weighted by atomic mass is 10.3. The Kier molecular flexibility index (Phi) is 2.43. The van der Waals surface area contributed by atoms with Crippen LogP contribution in [0.3, 0.4) is 0 Å².